The van der Waals surface area contributed by atoms with Crippen LogP contribution in [0.5, 0.6) is 5.75 Å². The maximum Gasteiger partial charge on any atom is 0.144 e. The van der Waals surface area contributed by atoms with Crippen molar-refractivity contribution >= 4 is 11.4 Å². The van der Waals surface area contributed by atoms with Crippen LogP contribution in [0.3, 0.4) is 0 Å². The molecule has 5 heteroatoms. The number of anilines is 2. The Balaban J connectivity index is 1.74. The minimum absolute atomic E-state index is 0.630. The average Bonchev–Trinajstić information content (AvgIpc) is 2.48. The summed E-state index contributed by atoms with van der Waals surface area (Å²) in [5, 5.41) is 3.39. The Morgan fingerprint density at radius 2 is 2.15 bits per heavy atom. The number of nitrogens with two attached hydrogens (primary N) is 1. The second kappa shape index (κ2) is 7.97. The summed E-state index contributed by atoms with van der Waals surface area (Å²) in [4.78, 5) is 2.44. The molecule has 20 heavy (non-hydrogen) atoms. The number of nitrogen functional groups attached to an aromatic ring is 1. The van der Waals surface area contributed by atoms with Crippen molar-refractivity contribution in [1.82, 2.24) is 4.90 Å². The molecule has 1 aromatic carbocycles. The molecule has 1 aromatic rings. The average molecular weight is 279 g/mol. The highest BCUT2D eigenvalue weighted by molar-refractivity contribution is 5.72. The second-order valence-electron chi connectivity index (χ2n) is 4.88. The van der Waals surface area contributed by atoms with Gasteiger partial charge in [0.25, 0.3) is 0 Å². The van der Waals surface area contributed by atoms with E-state index in [-0.39, 0.29) is 0 Å². The van der Waals surface area contributed by atoms with Gasteiger partial charge in [-0.05, 0) is 32.0 Å². The zero-order valence-corrected chi connectivity index (χ0v) is 12.2. The normalized spacial score (nSPS) is 16.1. The Morgan fingerprint density at radius 1 is 1.35 bits per heavy atom. The van der Waals surface area contributed by atoms with Crippen LogP contribution >= 0.6 is 0 Å². The van der Waals surface area contributed by atoms with Crippen LogP contribution in [0.2, 0.25) is 0 Å². The second-order valence-corrected chi connectivity index (χ2v) is 4.88. The van der Waals surface area contributed by atoms with Gasteiger partial charge in [-0.3, -0.25) is 4.90 Å². The molecule has 5 nitrogen and oxygen atoms in total. The molecule has 1 heterocycles. The smallest absolute Gasteiger partial charge is 0.144 e. The molecule has 0 spiro atoms. The number of hydrogen-bond donors (Lipinski definition) is 2. The molecule has 2 rings (SSSR count). The molecule has 0 aromatic heterocycles. The van der Waals surface area contributed by atoms with Gasteiger partial charge >= 0.3 is 0 Å². The lowest BCUT2D eigenvalue weighted by Gasteiger charge is -2.26. The lowest BCUT2D eigenvalue weighted by atomic mass is 10.2. The molecule has 1 fully saturated rings. The molecular formula is C15H25N3O2. The fourth-order valence-electron chi connectivity index (χ4n) is 2.33. The third kappa shape index (κ3) is 4.28. The predicted molar refractivity (Wildman–Crippen MR) is 82.4 cm³/mol. The quantitative estimate of drug-likeness (QED) is 0.589. The van der Waals surface area contributed by atoms with E-state index >= 15 is 0 Å². The zero-order chi connectivity index (χ0) is 14.2. The van der Waals surface area contributed by atoms with Crippen molar-refractivity contribution < 1.29 is 9.47 Å². The van der Waals surface area contributed by atoms with Crippen molar-refractivity contribution in [2.24, 2.45) is 0 Å². The van der Waals surface area contributed by atoms with Crippen molar-refractivity contribution in [2.45, 2.75) is 13.3 Å². The third-order valence-electron chi connectivity index (χ3n) is 3.44. The zero-order valence-electron chi connectivity index (χ0n) is 12.2. The summed E-state index contributed by atoms with van der Waals surface area (Å²) < 4.78 is 10.8. The van der Waals surface area contributed by atoms with Gasteiger partial charge in [-0.25, -0.2) is 0 Å². The van der Waals surface area contributed by atoms with E-state index in [1.54, 1.807) is 0 Å². The minimum atomic E-state index is 0.630. The molecule has 0 saturated carbocycles. The Bertz CT molecular complexity index is 406. The van der Waals surface area contributed by atoms with Crippen LogP contribution in [0.15, 0.2) is 18.2 Å². The van der Waals surface area contributed by atoms with E-state index in [0.717, 1.165) is 57.3 Å². The van der Waals surface area contributed by atoms with Crippen LogP contribution in [-0.4, -0.2) is 50.9 Å². The molecule has 1 saturated heterocycles. The molecular weight excluding hydrogens is 254 g/mol. The van der Waals surface area contributed by atoms with Crippen LogP contribution in [0.1, 0.15) is 13.3 Å². The van der Waals surface area contributed by atoms with Crippen LogP contribution in [0, 0.1) is 0 Å². The molecule has 1 aliphatic rings. The van der Waals surface area contributed by atoms with Crippen LogP contribution in [-0.2, 0) is 4.74 Å². The summed E-state index contributed by atoms with van der Waals surface area (Å²) in [7, 11) is 0. The summed E-state index contributed by atoms with van der Waals surface area (Å²) in [5.74, 6) is 0.755. The van der Waals surface area contributed by atoms with Crippen molar-refractivity contribution in [3.8, 4) is 5.75 Å². The fourth-order valence-corrected chi connectivity index (χ4v) is 2.33. The van der Waals surface area contributed by atoms with Crippen LogP contribution in [0.25, 0.3) is 0 Å². The molecule has 1 aliphatic heterocycles. The summed E-state index contributed by atoms with van der Waals surface area (Å²) >= 11 is 0. The van der Waals surface area contributed by atoms with Crippen molar-refractivity contribution in [3.63, 3.8) is 0 Å². The molecule has 0 atom stereocenters. The predicted octanol–water partition coefficient (Wildman–Crippen LogP) is 1.80. The van der Waals surface area contributed by atoms with E-state index in [4.69, 9.17) is 15.2 Å². The van der Waals surface area contributed by atoms with Crippen molar-refractivity contribution in [3.05, 3.63) is 18.2 Å². The monoisotopic (exact) mass is 279 g/mol. The maximum atomic E-state index is 6.08. The number of benzene rings is 1. The summed E-state index contributed by atoms with van der Waals surface area (Å²) in [6.45, 7) is 8.41. The van der Waals surface area contributed by atoms with Gasteiger partial charge in [0.2, 0.25) is 0 Å². The van der Waals surface area contributed by atoms with Gasteiger partial charge in [0, 0.05) is 19.6 Å². The van der Waals surface area contributed by atoms with Gasteiger partial charge in [0.15, 0.2) is 0 Å². The Kier molecular flexibility index (Phi) is 5.95. The van der Waals surface area contributed by atoms with E-state index in [2.05, 4.69) is 10.2 Å². The van der Waals surface area contributed by atoms with Gasteiger partial charge in [-0.15, -0.1) is 0 Å². The first kappa shape index (κ1) is 14.9. The first-order chi connectivity index (χ1) is 9.81. The number of nitrogens with one attached hydrogen (secondary N) is 1. The van der Waals surface area contributed by atoms with Gasteiger partial charge in [0.1, 0.15) is 5.75 Å². The first-order valence-corrected chi connectivity index (χ1v) is 7.36. The minimum Gasteiger partial charge on any atom is -0.492 e. The Hall–Kier alpha value is -1.46. The topological polar surface area (TPSA) is 59.8 Å². The number of nitrogens with zero attached hydrogens (tertiary/aromatic N) is 1. The van der Waals surface area contributed by atoms with Crippen molar-refractivity contribution in [2.75, 3.05) is 57.1 Å². The lowest BCUT2D eigenvalue weighted by molar-refractivity contribution is 0.0378. The van der Waals surface area contributed by atoms with Gasteiger partial charge in [0.05, 0.1) is 31.2 Å². The summed E-state index contributed by atoms with van der Waals surface area (Å²) in [6, 6.07) is 5.86. The Morgan fingerprint density at radius 3 is 2.90 bits per heavy atom. The summed E-state index contributed by atoms with van der Waals surface area (Å²) in [5.41, 5.74) is 7.73. The van der Waals surface area contributed by atoms with Crippen molar-refractivity contribution in [1.29, 1.82) is 0 Å². The Labute approximate surface area is 121 Å². The van der Waals surface area contributed by atoms with E-state index < -0.39 is 0 Å². The molecule has 0 aliphatic carbocycles. The van der Waals surface area contributed by atoms with Gasteiger partial charge in [-0.1, -0.05) is 6.07 Å². The number of rotatable bonds is 7. The maximum absolute atomic E-state index is 6.08. The highest BCUT2D eigenvalue weighted by Gasteiger charge is 2.09. The third-order valence-corrected chi connectivity index (χ3v) is 3.44. The SMILES string of the molecule is CCOc1cccc(NCCCN2CCOCC2)c1N. The summed E-state index contributed by atoms with van der Waals surface area (Å²) in [6.07, 6.45) is 1.10. The van der Waals surface area contributed by atoms with E-state index in [1.807, 2.05) is 25.1 Å². The molecule has 0 bridgehead atoms. The lowest BCUT2D eigenvalue weighted by Crippen LogP contribution is -2.37. The highest BCUT2D eigenvalue weighted by Crippen LogP contribution is 2.29. The molecule has 112 valence electrons. The van der Waals surface area contributed by atoms with E-state index in [1.165, 1.54) is 0 Å². The highest BCUT2D eigenvalue weighted by atomic mass is 16.5. The van der Waals surface area contributed by atoms with Crippen LogP contribution < -0.4 is 15.8 Å². The largest absolute Gasteiger partial charge is 0.492 e. The van der Waals surface area contributed by atoms with Gasteiger partial charge < -0.3 is 20.5 Å². The standard InChI is InChI=1S/C15H25N3O2/c1-2-20-14-6-3-5-13(15(14)16)17-7-4-8-18-9-11-19-12-10-18/h3,5-6,17H,2,4,7-12,16H2,1H3. The van der Waals surface area contributed by atoms with E-state index in [0.29, 0.717) is 12.3 Å². The first-order valence-electron chi connectivity index (χ1n) is 7.36. The fraction of sp³-hybridized carbons (Fsp3) is 0.600. The number of hydrogen-bond acceptors (Lipinski definition) is 5. The molecule has 0 radical (unpaired) electrons. The molecule has 3 N–H and O–H groups in total. The number of morpholine rings is 1. The number of ether oxygens (including phenoxy) is 2. The van der Waals surface area contributed by atoms with Gasteiger partial charge in [-0.2, -0.15) is 0 Å². The van der Waals surface area contributed by atoms with E-state index in [9.17, 15) is 0 Å². The van der Waals surface area contributed by atoms with Crippen LogP contribution in [0.4, 0.5) is 11.4 Å². The number of para-hydroxylation sites is 1. The molecule has 0 amide bonds. The molecule has 0 unspecified atom stereocenters.